The monoisotopic (exact) mass is 608 g/mol. The first-order valence-electron chi connectivity index (χ1n) is 11.6. The minimum Gasteiger partial charge on any atom is -1.00 e. The standard InChI is InChI=1S/C26H24P2.C4H4N2S.ClH.Cu/c1-5-13-23(14-6-1)27(24-15-7-2-8-16-24)21-22-28(25-17-9-3-10-18-25)26-19-11-4-12-20-26;7-4-5-2-1-3-6-4;;/h1-20H,21-22H2;1-3H,(H,5,6,7);1H;/q;;;+1/p-1. The van der Waals surface area contributed by atoms with Gasteiger partial charge in [0.2, 0.25) is 0 Å². The Hall–Kier alpha value is -2.15. The minimum atomic E-state index is -0.348. The van der Waals surface area contributed by atoms with E-state index in [1.807, 2.05) is 0 Å². The Labute approximate surface area is 244 Å². The number of hydrogen-bond acceptors (Lipinski definition) is 2. The van der Waals surface area contributed by atoms with Crippen molar-refractivity contribution in [2.24, 2.45) is 0 Å². The molecule has 0 saturated carbocycles. The summed E-state index contributed by atoms with van der Waals surface area (Å²) in [6.45, 7) is 0. The van der Waals surface area contributed by atoms with Gasteiger partial charge in [-0.15, -0.1) is 0 Å². The zero-order chi connectivity index (χ0) is 24.1. The number of H-pyrrole nitrogens is 1. The maximum absolute atomic E-state index is 4.65. The molecule has 0 unspecified atom stereocenters. The summed E-state index contributed by atoms with van der Waals surface area (Å²) >= 11 is 4.65. The minimum absolute atomic E-state index is 0. The van der Waals surface area contributed by atoms with Gasteiger partial charge in [-0.1, -0.05) is 121 Å². The second-order valence-electron chi connectivity index (χ2n) is 7.73. The zero-order valence-corrected chi connectivity index (χ0v) is 24.4. The number of benzene rings is 4. The Balaban J connectivity index is 0.000000466. The van der Waals surface area contributed by atoms with Crippen LogP contribution in [0.1, 0.15) is 0 Å². The van der Waals surface area contributed by atoms with Crippen LogP contribution in [0.2, 0.25) is 0 Å². The molecule has 0 amide bonds. The first-order chi connectivity index (χ1) is 17.3. The summed E-state index contributed by atoms with van der Waals surface area (Å²) in [6, 6.07) is 46.0. The van der Waals surface area contributed by atoms with Crippen LogP contribution in [-0.4, -0.2) is 22.3 Å². The Morgan fingerprint density at radius 3 is 1.08 bits per heavy atom. The summed E-state index contributed by atoms with van der Waals surface area (Å²) in [5.41, 5.74) is 0. The second kappa shape index (κ2) is 17.4. The molecular formula is C30H28ClCuN2P2S. The molecule has 0 spiro atoms. The molecule has 0 radical (unpaired) electrons. The van der Waals surface area contributed by atoms with Crippen molar-refractivity contribution in [1.29, 1.82) is 0 Å². The maximum Gasteiger partial charge on any atom is 1.00 e. The summed E-state index contributed by atoms with van der Waals surface area (Å²) in [5, 5.41) is 5.89. The van der Waals surface area contributed by atoms with Gasteiger partial charge in [-0.3, -0.25) is 0 Å². The molecular weight excluding hydrogens is 581 g/mol. The van der Waals surface area contributed by atoms with Crippen molar-refractivity contribution >= 4 is 49.3 Å². The molecule has 192 valence electrons. The molecule has 37 heavy (non-hydrogen) atoms. The molecule has 0 atom stereocenters. The van der Waals surface area contributed by atoms with Crippen molar-refractivity contribution < 1.29 is 29.5 Å². The molecule has 1 aromatic heterocycles. The van der Waals surface area contributed by atoms with Crippen LogP contribution in [-0.2, 0) is 17.1 Å². The summed E-state index contributed by atoms with van der Waals surface area (Å²) < 4.78 is 0.530. The molecule has 4 aromatic carbocycles. The van der Waals surface area contributed by atoms with E-state index in [4.69, 9.17) is 0 Å². The molecule has 0 aliphatic rings. The van der Waals surface area contributed by atoms with Gasteiger partial charge in [-0.25, -0.2) is 4.98 Å². The van der Waals surface area contributed by atoms with Crippen molar-refractivity contribution in [2.45, 2.75) is 0 Å². The van der Waals surface area contributed by atoms with E-state index in [1.54, 1.807) is 18.5 Å². The molecule has 2 nitrogen and oxygen atoms in total. The summed E-state index contributed by atoms with van der Waals surface area (Å²) in [4.78, 5) is 6.47. The van der Waals surface area contributed by atoms with Crippen molar-refractivity contribution in [3.8, 4) is 0 Å². The molecule has 7 heteroatoms. The maximum atomic E-state index is 4.65. The van der Waals surface area contributed by atoms with E-state index in [1.165, 1.54) is 33.5 Å². The van der Waals surface area contributed by atoms with Gasteiger partial charge in [0.1, 0.15) is 0 Å². The average molecular weight is 610 g/mol. The smallest absolute Gasteiger partial charge is 1.00 e. The van der Waals surface area contributed by atoms with Crippen molar-refractivity contribution in [3.05, 3.63) is 145 Å². The fourth-order valence-corrected chi connectivity index (χ4v) is 9.24. The van der Waals surface area contributed by atoms with Crippen molar-refractivity contribution in [3.63, 3.8) is 0 Å². The number of rotatable bonds is 7. The van der Waals surface area contributed by atoms with Gasteiger partial charge in [0.25, 0.3) is 0 Å². The Morgan fingerprint density at radius 2 is 0.865 bits per heavy atom. The van der Waals surface area contributed by atoms with Crippen LogP contribution in [0.15, 0.2) is 140 Å². The van der Waals surface area contributed by atoms with Crippen LogP contribution in [0, 0.1) is 4.77 Å². The molecule has 1 N–H and O–H groups in total. The van der Waals surface area contributed by atoms with E-state index in [0.717, 1.165) is 0 Å². The van der Waals surface area contributed by atoms with Gasteiger partial charge in [0, 0.05) is 12.4 Å². The zero-order valence-electron chi connectivity index (χ0n) is 20.1. The third-order valence-electron chi connectivity index (χ3n) is 5.40. The molecule has 0 fully saturated rings. The number of nitrogens with one attached hydrogen (secondary N) is 1. The summed E-state index contributed by atoms with van der Waals surface area (Å²) in [6.07, 6.45) is 5.81. The summed E-state index contributed by atoms with van der Waals surface area (Å²) in [7, 11) is -0.696. The molecule has 0 aliphatic heterocycles. The van der Waals surface area contributed by atoms with Crippen LogP contribution in [0.5, 0.6) is 0 Å². The predicted octanol–water partition coefficient (Wildman–Crippen LogP) is 3.39. The molecule has 5 aromatic rings. The van der Waals surface area contributed by atoms with Gasteiger partial charge in [-0.2, -0.15) is 0 Å². The van der Waals surface area contributed by atoms with Crippen LogP contribution in [0.4, 0.5) is 0 Å². The predicted molar refractivity (Wildman–Crippen MR) is 157 cm³/mol. The molecule has 0 bridgehead atoms. The number of aromatic amines is 1. The van der Waals surface area contributed by atoms with Crippen LogP contribution < -0.4 is 33.6 Å². The normalized spacial score (nSPS) is 10.0. The Morgan fingerprint density at radius 1 is 0.541 bits per heavy atom. The van der Waals surface area contributed by atoms with Gasteiger partial charge in [0.05, 0.1) is 0 Å². The van der Waals surface area contributed by atoms with E-state index in [-0.39, 0.29) is 45.3 Å². The average Bonchev–Trinajstić information content (AvgIpc) is 2.94. The third kappa shape index (κ3) is 9.91. The van der Waals surface area contributed by atoms with Crippen molar-refractivity contribution in [1.82, 2.24) is 9.97 Å². The first-order valence-corrected chi connectivity index (χ1v) is 15.0. The molecule has 0 aliphatic carbocycles. The third-order valence-corrected chi connectivity index (χ3v) is 11.0. The van der Waals surface area contributed by atoms with Gasteiger partial charge >= 0.3 is 17.1 Å². The topological polar surface area (TPSA) is 28.7 Å². The number of nitrogens with zero attached hydrogens (tertiary/aromatic N) is 1. The van der Waals surface area contributed by atoms with E-state index >= 15 is 0 Å². The number of aromatic nitrogens is 2. The first kappa shape index (κ1) is 31.1. The fraction of sp³-hybridized carbons (Fsp3) is 0.0667. The molecule has 1 heterocycles. The van der Waals surface area contributed by atoms with Crippen LogP contribution >= 0.6 is 28.1 Å². The molecule has 0 saturated heterocycles. The molecule has 5 rings (SSSR count). The van der Waals surface area contributed by atoms with Gasteiger partial charge in [-0.05, 0) is 67.7 Å². The van der Waals surface area contributed by atoms with E-state index < -0.39 is 0 Å². The second-order valence-corrected chi connectivity index (χ2v) is 12.8. The van der Waals surface area contributed by atoms with Crippen LogP contribution in [0.3, 0.4) is 0 Å². The van der Waals surface area contributed by atoms with Crippen molar-refractivity contribution in [2.75, 3.05) is 12.3 Å². The quantitative estimate of drug-likeness (QED) is 0.174. The van der Waals surface area contributed by atoms with E-state index in [9.17, 15) is 0 Å². The largest absolute Gasteiger partial charge is 1.00 e. The fourth-order valence-electron chi connectivity index (χ4n) is 3.76. The SMILES string of the molecule is S=c1nccc[nH]1.[Cl-].[Cu+].c1ccc(P(CCP(c2ccccc2)c2ccccc2)c2ccccc2)cc1. The van der Waals surface area contributed by atoms with Crippen LogP contribution in [0.25, 0.3) is 0 Å². The van der Waals surface area contributed by atoms with Gasteiger partial charge in [0.15, 0.2) is 4.77 Å². The Bertz CT molecular complexity index is 1150. The van der Waals surface area contributed by atoms with Gasteiger partial charge < -0.3 is 17.4 Å². The number of halogens is 1. The Kier molecular flexibility index (Phi) is 14.6. The van der Waals surface area contributed by atoms with E-state index in [2.05, 4.69) is 144 Å². The number of hydrogen-bond donors (Lipinski definition) is 1. The van der Waals surface area contributed by atoms with E-state index in [0.29, 0.717) is 4.77 Å². The summed E-state index contributed by atoms with van der Waals surface area (Å²) in [5.74, 6) is 0.